The zero-order chi connectivity index (χ0) is 13.2. The summed E-state index contributed by atoms with van der Waals surface area (Å²) in [4.78, 5) is 0. The molecule has 0 aliphatic heterocycles. The van der Waals surface area contributed by atoms with Crippen molar-refractivity contribution in [1.29, 1.82) is 0 Å². The smallest absolute Gasteiger partial charge is 0.146 e. The summed E-state index contributed by atoms with van der Waals surface area (Å²) in [5, 5.41) is 0.805. The molecule has 3 rings (SSSR count). The number of hydrogen-bond acceptors (Lipinski definition) is 2. The van der Waals surface area contributed by atoms with Gasteiger partial charge in [-0.1, -0.05) is 6.07 Å². The van der Waals surface area contributed by atoms with E-state index in [0.29, 0.717) is 17.1 Å². The molecule has 1 aromatic heterocycles. The number of ether oxygens (including phenoxy) is 1. The Morgan fingerprint density at radius 3 is 2.63 bits per heavy atom. The average Bonchev–Trinajstić information content (AvgIpc) is 2.78. The van der Waals surface area contributed by atoms with Crippen LogP contribution in [-0.4, -0.2) is 0 Å². The minimum atomic E-state index is -0.357. The van der Waals surface area contributed by atoms with Gasteiger partial charge in [0.2, 0.25) is 0 Å². The molecule has 3 aromatic rings. The summed E-state index contributed by atoms with van der Waals surface area (Å²) in [6.45, 7) is 0.166. The first kappa shape index (κ1) is 11.7. The van der Waals surface area contributed by atoms with E-state index in [-0.39, 0.29) is 18.2 Å². The predicted octanol–water partition coefficient (Wildman–Crippen LogP) is 4.29. The summed E-state index contributed by atoms with van der Waals surface area (Å²) in [5.74, 6) is 0.278. The molecule has 0 radical (unpaired) electrons. The summed E-state index contributed by atoms with van der Waals surface area (Å²) in [6.07, 6.45) is 0. The molecule has 0 saturated carbocycles. The molecular weight excluding hydrogens is 250 g/mol. The van der Waals surface area contributed by atoms with Gasteiger partial charge in [-0.25, -0.2) is 8.78 Å². The third-order valence-corrected chi connectivity index (χ3v) is 2.71. The molecular formula is C15H10F2O2. The van der Waals surface area contributed by atoms with Crippen LogP contribution in [0.5, 0.6) is 5.75 Å². The first-order valence-electron chi connectivity index (χ1n) is 5.77. The molecule has 0 unspecified atom stereocenters. The van der Waals surface area contributed by atoms with Crippen LogP contribution in [0.1, 0.15) is 5.76 Å². The molecule has 0 aliphatic carbocycles. The van der Waals surface area contributed by atoms with Crippen molar-refractivity contribution in [2.45, 2.75) is 6.61 Å². The Morgan fingerprint density at radius 2 is 1.79 bits per heavy atom. The van der Waals surface area contributed by atoms with Crippen LogP contribution in [0.2, 0.25) is 0 Å². The maximum absolute atomic E-state index is 13.0. The van der Waals surface area contributed by atoms with Gasteiger partial charge in [0.1, 0.15) is 35.3 Å². The molecule has 19 heavy (non-hydrogen) atoms. The van der Waals surface area contributed by atoms with Crippen LogP contribution in [0.4, 0.5) is 8.78 Å². The fourth-order valence-corrected chi connectivity index (χ4v) is 1.84. The van der Waals surface area contributed by atoms with E-state index < -0.39 is 0 Å². The van der Waals surface area contributed by atoms with Crippen molar-refractivity contribution in [3.05, 3.63) is 65.9 Å². The van der Waals surface area contributed by atoms with Gasteiger partial charge in [-0.05, 0) is 30.3 Å². The average molecular weight is 260 g/mol. The highest BCUT2D eigenvalue weighted by molar-refractivity contribution is 5.77. The lowest BCUT2D eigenvalue weighted by atomic mass is 10.2. The van der Waals surface area contributed by atoms with E-state index in [1.807, 2.05) is 0 Å². The molecule has 96 valence electrons. The normalized spacial score (nSPS) is 10.8. The number of halogens is 2. The van der Waals surface area contributed by atoms with Crippen molar-refractivity contribution in [2.24, 2.45) is 0 Å². The van der Waals surface area contributed by atoms with Crippen LogP contribution < -0.4 is 4.74 Å². The maximum Gasteiger partial charge on any atom is 0.146 e. The molecule has 0 spiro atoms. The highest BCUT2D eigenvalue weighted by Crippen LogP contribution is 2.22. The first-order valence-corrected chi connectivity index (χ1v) is 5.77. The third-order valence-electron chi connectivity index (χ3n) is 2.71. The molecule has 1 heterocycles. The van der Waals surface area contributed by atoms with Gasteiger partial charge in [-0.15, -0.1) is 0 Å². The Hall–Kier alpha value is -2.36. The van der Waals surface area contributed by atoms with E-state index in [2.05, 4.69) is 0 Å². The second kappa shape index (κ2) is 4.72. The van der Waals surface area contributed by atoms with Gasteiger partial charge in [-0.3, -0.25) is 0 Å². The van der Waals surface area contributed by atoms with Crippen LogP contribution in [0.15, 0.2) is 52.9 Å². The zero-order valence-corrected chi connectivity index (χ0v) is 9.90. The minimum absolute atomic E-state index is 0.166. The molecule has 2 aromatic carbocycles. The van der Waals surface area contributed by atoms with E-state index in [1.54, 1.807) is 24.3 Å². The summed E-state index contributed by atoms with van der Waals surface area (Å²) in [7, 11) is 0. The Bertz CT molecular complexity index is 719. The highest BCUT2D eigenvalue weighted by Gasteiger charge is 2.06. The lowest BCUT2D eigenvalue weighted by Crippen LogP contribution is -1.93. The molecule has 0 saturated heterocycles. The zero-order valence-electron chi connectivity index (χ0n) is 9.90. The fraction of sp³-hybridized carbons (Fsp3) is 0.0667. The molecule has 4 heteroatoms. The summed E-state index contributed by atoms with van der Waals surface area (Å²) < 4.78 is 36.8. The van der Waals surface area contributed by atoms with E-state index >= 15 is 0 Å². The monoisotopic (exact) mass is 260 g/mol. The second-order valence-electron chi connectivity index (χ2n) is 4.14. The molecule has 0 amide bonds. The van der Waals surface area contributed by atoms with Crippen molar-refractivity contribution in [3.8, 4) is 5.75 Å². The number of fused-ring (bicyclic) bond motifs is 1. The van der Waals surface area contributed by atoms with E-state index in [1.165, 1.54) is 24.3 Å². The Balaban J connectivity index is 1.78. The third kappa shape index (κ3) is 2.57. The molecule has 0 fully saturated rings. The van der Waals surface area contributed by atoms with E-state index in [9.17, 15) is 8.78 Å². The Kier molecular flexibility index (Phi) is 2.91. The van der Waals surface area contributed by atoms with Gasteiger partial charge < -0.3 is 9.15 Å². The molecule has 0 bridgehead atoms. The van der Waals surface area contributed by atoms with Gasteiger partial charge in [0, 0.05) is 17.5 Å². The lowest BCUT2D eigenvalue weighted by Gasteiger charge is -2.03. The number of hydrogen-bond donors (Lipinski definition) is 0. The summed E-state index contributed by atoms with van der Waals surface area (Å²) in [6, 6.07) is 12.0. The van der Waals surface area contributed by atoms with Crippen LogP contribution in [0, 0.1) is 11.6 Å². The Labute approximate surface area is 108 Å². The number of furan rings is 1. The molecule has 2 nitrogen and oxygen atoms in total. The number of rotatable bonds is 3. The quantitative estimate of drug-likeness (QED) is 0.701. The lowest BCUT2D eigenvalue weighted by molar-refractivity contribution is 0.273. The van der Waals surface area contributed by atoms with Crippen LogP contribution in [-0.2, 0) is 6.61 Å². The second-order valence-corrected chi connectivity index (χ2v) is 4.14. The minimum Gasteiger partial charge on any atom is -0.486 e. The fourth-order valence-electron chi connectivity index (χ4n) is 1.84. The molecule has 0 aliphatic rings. The first-order chi connectivity index (χ1) is 9.20. The highest BCUT2D eigenvalue weighted by atomic mass is 19.1. The standard InChI is InChI=1S/C15H10F2O2/c16-11-2-1-3-13(7-11)18-9-14-6-10-4-5-12(17)8-15(10)19-14/h1-8H,9H2. The van der Waals surface area contributed by atoms with Crippen molar-refractivity contribution < 1.29 is 17.9 Å². The van der Waals surface area contributed by atoms with Crippen molar-refractivity contribution in [3.63, 3.8) is 0 Å². The van der Waals surface area contributed by atoms with Crippen molar-refractivity contribution in [2.75, 3.05) is 0 Å². The predicted molar refractivity (Wildman–Crippen MR) is 66.9 cm³/mol. The number of benzene rings is 2. The van der Waals surface area contributed by atoms with Gasteiger partial charge in [-0.2, -0.15) is 0 Å². The van der Waals surface area contributed by atoms with E-state index in [0.717, 1.165) is 5.39 Å². The van der Waals surface area contributed by atoms with E-state index in [4.69, 9.17) is 9.15 Å². The largest absolute Gasteiger partial charge is 0.486 e. The van der Waals surface area contributed by atoms with Crippen LogP contribution in [0.3, 0.4) is 0 Å². The van der Waals surface area contributed by atoms with Gasteiger partial charge in [0.05, 0.1) is 0 Å². The Morgan fingerprint density at radius 1 is 0.947 bits per heavy atom. The van der Waals surface area contributed by atoms with Crippen LogP contribution in [0.25, 0.3) is 11.0 Å². The van der Waals surface area contributed by atoms with Crippen molar-refractivity contribution in [1.82, 2.24) is 0 Å². The SMILES string of the molecule is Fc1cccc(OCc2cc3ccc(F)cc3o2)c1. The van der Waals surface area contributed by atoms with Gasteiger partial charge in [0.15, 0.2) is 0 Å². The van der Waals surface area contributed by atoms with Crippen molar-refractivity contribution >= 4 is 11.0 Å². The summed E-state index contributed by atoms with van der Waals surface area (Å²) >= 11 is 0. The maximum atomic E-state index is 13.0. The topological polar surface area (TPSA) is 22.4 Å². The molecule has 0 N–H and O–H groups in total. The van der Waals surface area contributed by atoms with Crippen LogP contribution >= 0.6 is 0 Å². The van der Waals surface area contributed by atoms with Gasteiger partial charge in [0.25, 0.3) is 0 Å². The molecule has 0 atom stereocenters. The summed E-state index contributed by atoms with van der Waals surface area (Å²) in [5.41, 5.74) is 0.470. The van der Waals surface area contributed by atoms with Gasteiger partial charge >= 0.3 is 0 Å².